The highest BCUT2D eigenvalue weighted by Gasteiger charge is 2.23. The number of nitrogens with one attached hydrogen (secondary N) is 1. The first-order valence-corrected chi connectivity index (χ1v) is 9.37. The molecule has 1 amide bonds. The minimum atomic E-state index is -0.161. The van der Waals surface area contributed by atoms with E-state index in [0.29, 0.717) is 30.5 Å². The maximum absolute atomic E-state index is 11.4. The normalized spacial score (nSPS) is 13.0. The summed E-state index contributed by atoms with van der Waals surface area (Å²) in [7, 11) is 1.95. The van der Waals surface area contributed by atoms with Crippen LogP contribution in [0.15, 0.2) is 29.6 Å². The van der Waals surface area contributed by atoms with Crippen LogP contribution in [0.2, 0.25) is 0 Å². The van der Waals surface area contributed by atoms with E-state index < -0.39 is 0 Å². The molecule has 134 valence electrons. The van der Waals surface area contributed by atoms with Crippen LogP contribution in [0.1, 0.15) is 6.92 Å². The second-order valence-corrected chi connectivity index (χ2v) is 6.79. The summed E-state index contributed by atoms with van der Waals surface area (Å²) in [5.74, 6) is 1.70. The molecular formula is C18H18N4O3S. The van der Waals surface area contributed by atoms with E-state index in [9.17, 15) is 4.79 Å². The number of amides is 1. The van der Waals surface area contributed by atoms with E-state index in [0.717, 1.165) is 27.2 Å². The number of aromatic nitrogens is 3. The van der Waals surface area contributed by atoms with Crippen LogP contribution in [0, 0.1) is 0 Å². The number of carbonyl (C=O) groups is 1. The van der Waals surface area contributed by atoms with Gasteiger partial charge in [-0.1, -0.05) is 0 Å². The topological polar surface area (TPSA) is 78.3 Å². The number of hydrogen-bond donors (Lipinski definition) is 1. The zero-order valence-corrected chi connectivity index (χ0v) is 15.5. The standard InChI is InChI=1S/C18H18N4O3S/c1-10(23)20-15-6-11-12(9-22(2)13(11)8-19-15)17-18-14(24-4-5-25-18)7-16(21-17)26-3/h6-9H,4-5H2,1-3H3,(H,19,20,23). The van der Waals surface area contributed by atoms with Crippen LogP contribution in [-0.2, 0) is 11.8 Å². The Balaban J connectivity index is 1.95. The average Bonchev–Trinajstić information content (AvgIpc) is 2.96. The van der Waals surface area contributed by atoms with E-state index >= 15 is 0 Å². The molecule has 0 spiro atoms. The van der Waals surface area contributed by atoms with Crippen molar-refractivity contribution in [3.8, 4) is 22.8 Å². The molecule has 0 aromatic carbocycles. The van der Waals surface area contributed by atoms with Crippen molar-refractivity contribution in [2.75, 3.05) is 24.8 Å². The first kappa shape index (κ1) is 16.7. The van der Waals surface area contributed by atoms with Gasteiger partial charge in [0.2, 0.25) is 5.91 Å². The lowest BCUT2D eigenvalue weighted by Crippen LogP contribution is -2.16. The summed E-state index contributed by atoms with van der Waals surface area (Å²) in [6.07, 6.45) is 5.71. The van der Waals surface area contributed by atoms with Crippen molar-refractivity contribution in [1.82, 2.24) is 14.5 Å². The molecule has 0 atom stereocenters. The molecule has 3 aromatic rings. The first-order chi connectivity index (χ1) is 12.6. The molecular weight excluding hydrogens is 352 g/mol. The maximum atomic E-state index is 11.4. The fraction of sp³-hybridized carbons (Fsp3) is 0.278. The summed E-state index contributed by atoms with van der Waals surface area (Å²) in [6.45, 7) is 2.48. The van der Waals surface area contributed by atoms with E-state index in [1.807, 2.05) is 36.2 Å². The number of ether oxygens (including phenoxy) is 2. The second kappa shape index (κ2) is 6.53. The molecule has 0 unspecified atom stereocenters. The highest BCUT2D eigenvalue weighted by molar-refractivity contribution is 7.98. The van der Waals surface area contributed by atoms with E-state index in [1.165, 1.54) is 6.92 Å². The lowest BCUT2D eigenvalue weighted by atomic mass is 10.1. The summed E-state index contributed by atoms with van der Waals surface area (Å²) < 4.78 is 13.6. The molecule has 8 heteroatoms. The van der Waals surface area contributed by atoms with Crippen molar-refractivity contribution < 1.29 is 14.3 Å². The molecule has 3 aromatic heterocycles. The highest BCUT2D eigenvalue weighted by Crippen LogP contribution is 2.43. The quantitative estimate of drug-likeness (QED) is 0.714. The SMILES string of the molecule is CSc1cc2c(c(-c3cn(C)c4cnc(NC(C)=O)cc34)n1)OCCO2. The van der Waals surface area contributed by atoms with Gasteiger partial charge in [0.1, 0.15) is 29.8 Å². The smallest absolute Gasteiger partial charge is 0.222 e. The van der Waals surface area contributed by atoms with E-state index in [2.05, 4.69) is 10.3 Å². The lowest BCUT2D eigenvalue weighted by Gasteiger charge is -2.21. The first-order valence-electron chi connectivity index (χ1n) is 8.14. The minimum absolute atomic E-state index is 0.161. The fourth-order valence-electron chi connectivity index (χ4n) is 3.03. The number of fused-ring (bicyclic) bond motifs is 2. The third-order valence-electron chi connectivity index (χ3n) is 4.15. The number of hydrogen-bond acceptors (Lipinski definition) is 6. The van der Waals surface area contributed by atoms with Gasteiger partial charge in [-0.25, -0.2) is 9.97 Å². The summed E-state index contributed by atoms with van der Waals surface area (Å²) in [5.41, 5.74) is 2.59. The number of anilines is 1. The van der Waals surface area contributed by atoms with Crippen molar-refractivity contribution in [3.05, 3.63) is 24.5 Å². The number of nitrogens with zero attached hydrogens (tertiary/aromatic N) is 3. The Kier molecular flexibility index (Phi) is 4.20. The third kappa shape index (κ3) is 2.86. The van der Waals surface area contributed by atoms with Gasteiger partial charge in [0, 0.05) is 37.2 Å². The maximum Gasteiger partial charge on any atom is 0.222 e. The molecule has 26 heavy (non-hydrogen) atoms. The predicted octanol–water partition coefficient (Wildman–Crippen LogP) is 3.09. The molecule has 7 nitrogen and oxygen atoms in total. The van der Waals surface area contributed by atoms with Crippen LogP contribution in [-0.4, -0.2) is 39.9 Å². The van der Waals surface area contributed by atoms with Crippen LogP contribution >= 0.6 is 11.8 Å². The molecule has 4 heterocycles. The van der Waals surface area contributed by atoms with Crippen LogP contribution < -0.4 is 14.8 Å². The Labute approximate surface area is 154 Å². The zero-order valence-electron chi connectivity index (χ0n) is 14.7. The molecule has 0 fully saturated rings. The van der Waals surface area contributed by atoms with Crippen LogP contribution in [0.5, 0.6) is 11.5 Å². The third-order valence-corrected chi connectivity index (χ3v) is 4.77. The Hall–Kier alpha value is -2.74. The van der Waals surface area contributed by atoms with Gasteiger partial charge in [0.15, 0.2) is 11.5 Å². The van der Waals surface area contributed by atoms with Gasteiger partial charge in [-0.15, -0.1) is 11.8 Å². The van der Waals surface area contributed by atoms with Crippen molar-refractivity contribution in [2.45, 2.75) is 11.9 Å². The highest BCUT2D eigenvalue weighted by atomic mass is 32.2. The van der Waals surface area contributed by atoms with Gasteiger partial charge in [0.05, 0.1) is 11.7 Å². The molecule has 1 N–H and O–H groups in total. The lowest BCUT2D eigenvalue weighted by molar-refractivity contribution is -0.114. The Morgan fingerprint density at radius 2 is 2.12 bits per heavy atom. The van der Waals surface area contributed by atoms with Gasteiger partial charge in [0.25, 0.3) is 0 Å². The van der Waals surface area contributed by atoms with Crippen LogP contribution in [0.4, 0.5) is 5.82 Å². The molecule has 0 aliphatic carbocycles. The summed E-state index contributed by atoms with van der Waals surface area (Å²) in [5, 5.41) is 4.53. The van der Waals surface area contributed by atoms with Gasteiger partial charge in [-0.3, -0.25) is 4.79 Å². The van der Waals surface area contributed by atoms with Crippen molar-refractivity contribution in [3.63, 3.8) is 0 Å². The summed E-state index contributed by atoms with van der Waals surface area (Å²) in [6, 6.07) is 3.76. The average molecular weight is 370 g/mol. The Bertz CT molecular complexity index is 1020. The Morgan fingerprint density at radius 3 is 2.88 bits per heavy atom. The number of pyridine rings is 2. The van der Waals surface area contributed by atoms with Crippen molar-refractivity contribution >= 4 is 34.4 Å². The summed E-state index contributed by atoms with van der Waals surface area (Å²) in [4.78, 5) is 20.4. The largest absolute Gasteiger partial charge is 0.486 e. The second-order valence-electron chi connectivity index (χ2n) is 5.96. The zero-order chi connectivity index (χ0) is 18.3. The molecule has 0 radical (unpaired) electrons. The Morgan fingerprint density at radius 1 is 1.31 bits per heavy atom. The van der Waals surface area contributed by atoms with E-state index in [4.69, 9.17) is 14.5 Å². The summed E-state index contributed by atoms with van der Waals surface area (Å²) >= 11 is 1.55. The molecule has 1 aliphatic rings. The van der Waals surface area contributed by atoms with Gasteiger partial charge < -0.3 is 19.4 Å². The predicted molar refractivity (Wildman–Crippen MR) is 101 cm³/mol. The molecule has 4 rings (SSSR count). The van der Waals surface area contributed by atoms with Gasteiger partial charge in [-0.2, -0.15) is 0 Å². The van der Waals surface area contributed by atoms with Crippen molar-refractivity contribution in [1.29, 1.82) is 0 Å². The fourth-order valence-corrected chi connectivity index (χ4v) is 3.44. The van der Waals surface area contributed by atoms with Crippen LogP contribution in [0.25, 0.3) is 22.2 Å². The number of thioether (sulfide) groups is 1. The van der Waals surface area contributed by atoms with Crippen LogP contribution in [0.3, 0.4) is 0 Å². The van der Waals surface area contributed by atoms with E-state index in [-0.39, 0.29) is 5.91 Å². The van der Waals surface area contributed by atoms with Gasteiger partial charge in [-0.05, 0) is 12.3 Å². The number of aryl methyl sites for hydroxylation is 1. The minimum Gasteiger partial charge on any atom is -0.486 e. The molecule has 0 bridgehead atoms. The molecule has 1 aliphatic heterocycles. The number of carbonyl (C=O) groups excluding carboxylic acids is 1. The monoisotopic (exact) mass is 370 g/mol. The molecule has 0 saturated carbocycles. The van der Waals surface area contributed by atoms with Crippen molar-refractivity contribution in [2.24, 2.45) is 7.05 Å². The molecule has 0 saturated heterocycles. The van der Waals surface area contributed by atoms with E-state index in [1.54, 1.807) is 18.0 Å². The number of rotatable bonds is 3. The van der Waals surface area contributed by atoms with Gasteiger partial charge >= 0.3 is 0 Å².